The molecule has 1 atom stereocenters. The molecule has 1 aromatic heterocycles. The molecule has 0 bridgehead atoms. The van der Waals surface area contributed by atoms with Crippen molar-refractivity contribution in [2.45, 2.75) is 25.2 Å². The van der Waals surface area contributed by atoms with Gasteiger partial charge in [0.25, 0.3) is 0 Å². The van der Waals surface area contributed by atoms with Crippen molar-refractivity contribution in [2.75, 3.05) is 5.73 Å². The number of rotatable bonds is 1. The molecule has 3 nitrogen and oxygen atoms in total. The van der Waals surface area contributed by atoms with Crippen LogP contribution in [0.25, 0.3) is 0 Å². The van der Waals surface area contributed by atoms with E-state index in [0.29, 0.717) is 11.0 Å². The summed E-state index contributed by atoms with van der Waals surface area (Å²) >= 11 is 1.29. The molecule has 0 spiro atoms. The van der Waals surface area contributed by atoms with Gasteiger partial charge in [0, 0.05) is 17.5 Å². The number of nitrogens with zero attached hydrogens (tertiary/aromatic N) is 2. The molecule has 82 valence electrons. The summed E-state index contributed by atoms with van der Waals surface area (Å²) in [6, 6.07) is 8.59. The number of nitrogens with two attached hydrogens (primary N) is 1. The van der Waals surface area contributed by atoms with Crippen molar-refractivity contribution in [1.29, 1.82) is 0 Å². The highest BCUT2D eigenvalue weighted by molar-refractivity contribution is 7.09. The summed E-state index contributed by atoms with van der Waals surface area (Å²) in [6.45, 7) is 0. The van der Waals surface area contributed by atoms with Gasteiger partial charge in [-0.25, -0.2) is 4.98 Å². The first-order chi connectivity index (χ1) is 7.84. The van der Waals surface area contributed by atoms with Crippen LogP contribution in [-0.2, 0) is 6.42 Å². The lowest BCUT2D eigenvalue weighted by Gasteiger charge is -2.23. The van der Waals surface area contributed by atoms with E-state index in [0.717, 1.165) is 12.2 Å². The Morgan fingerprint density at radius 3 is 3.00 bits per heavy atom. The van der Waals surface area contributed by atoms with E-state index >= 15 is 0 Å². The monoisotopic (exact) mass is 231 g/mol. The maximum absolute atomic E-state index is 5.65. The molecule has 0 saturated heterocycles. The molecule has 1 aromatic carbocycles. The zero-order chi connectivity index (χ0) is 11.0. The molecular formula is C12H13N3S. The summed E-state index contributed by atoms with van der Waals surface area (Å²) < 4.78 is 4.34. The Morgan fingerprint density at radius 2 is 2.19 bits per heavy atom. The van der Waals surface area contributed by atoms with Crippen LogP contribution in [0.3, 0.4) is 0 Å². The van der Waals surface area contributed by atoms with Crippen LogP contribution < -0.4 is 5.73 Å². The fraction of sp³-hybridized carbons (Fsp3) is 0.333. The predicted octanol–water partition coefficient (Wildman–Crippen LogP) is 2.59. The molecule has 4 heteroatoms. The lowest BCUT2D eigenvalue weighted by atomic mass is 9.82. The van der Waals surface area contributed by atoms with E-state index in [1.165, 1.54) is 35.5 Å². The topological polar surface area (TPSA) is 51.8 Å². The van der Waals surface area contributed by atoms with Gasteiger partial charge in [-0.05, 0) is 30.4 Å². The maximum Gasteiger partial charge on any atom is 0.199 e. The van der Waals surface area contributed by atoms with Crippen LogP contribution in [0, 0.1) is 0 Å². The zero-order valence-corrected chi connectivity index (χ0v) is 9.70. The van der Waals surface area contributed by atoms with Crippen LogP contribution in [0.15, 0.2) is 24.3 Å². The lowest BCUT2D eigenvalue weighted by Crippen LogP contribution is -2.12. The summed E-state index contributed by atoms with van der Waals surface area (Å²) in [7, 11) is 0. The Balaban J connectivity index is 2.04. The third kappa shape index (κ3) is 1.59. The van der Waals surface area contributed by atoms with E-state index in [1.54, 1.807) is 0 Å². The number of aryl methyl sites for hydroxylation is 1. The van der Waals surface area contributed by atoms with E-state index in [1.807, 2.05) is 0 Å². The molecule has 3 rings (SSSR count). The molecule has 1 aliphatic rings. The Labute approximate surface area is 98.5 Å². The van der Waals surface area contributed by atoms with Crippen molar-refractivity contribution >= 4 is 16.7 Å². The van der Waals surface area contributed by atoms with Crippen molar-refractivity contribution in [3.8, 4) is 0 Å². The molecule has 0 aliphatic heterocycles. The first kappa shape index (κ1) is 9.78. The van der Waals surface area contributed by atoms with Gasteiger partial charge in [0.05, 0.1) is 0 Å². The van der Waals surface area contributed by atoms with Gasteiger partial charge in [0.1, 0.15) is 0 Å². The van der Waals surface area contributed by atoms with Crippen molar-refractivity contribution in [2.24, 2.45) is 0 Å². The quantitative estimate of drug-likeness (QED) is 0.820. The Hall–Kier alpha value is -1.42. The predicted molar refractivity (Wildman–Crippen MR) is 65.5 cm³/mol. The molecule has 0 amide bonds. The summed E-state index contributed by atoms with van der Waals surface area (Å²) in [5, 5.41) is 0.568. The molecule has 1 aliphatic carbocycles. The summed E-state index contributed by atoms with van der Waals surface area (Å²) in [4.78, 5) is 4.32. The fourth-order valence-corrected chi connectivity index (χ4v) is 2.90. The second-order valence-electron chi connectivity index (χ2n) is 4.13. The highest BCUT2D eigenvalue weighted by Gasteiger charge is 2.24. The van der Waals surface area contributed by atoms with Crippen LogP contribution in [0.1, 0.15) is 35.7 Å². The molecule has 0 fully saturated rings. The summed E-state index contributed by atoms with van der Waals surface area (Å²) in [5.41, 5.74) is 8.47. The Kier molecular flexibility index (Phi) is 2.36. The third-order valence-electron chi connectivity index (χ3n) is 3.14. The molecule has 2 aromatic rings. The highest BCUT2D eigenvalue weighted by Crippen LogP contribution is 2.35. The van der Waals surface area contributed by atoms with Crippen molar-refractivity contribution in [3.05, 3.63) is 41.2 Å². The fourth-order valence-electron chi connectivity index (χ4n) is 2.41. The largest absolute Gasteiger partial charge is 0.374 e. The van der Waals surface area contributed by atoms with Crippen molar-refractivity contribution in [1.82, 2.24) is 9.36 Å². The lowest BCUT2D eigenvalue weighted by molar-refractivity contribution is 0.597. The van der Waals surface area contributed by atoms with Gasteiger partial charge in [-0.15, -0.1) is 0 Å². The van der Waals surface area contributed by atoms with E-state index < -0.39 is 0 Å². The summed E-state index contributed by atoms with van der Waals surface area (Å²) in [5.74, 6) is 1.24. The average Bonchev–Trinajstić information content (AvgIpc) is 2.75. The molecule has 2 N–H and O–H groups in total. The van der Waals surface area contributed by atoms with Gasteiger partial charge in [-0.1, -0.05) is 24.3 Å². The van der Waals surface area contributed by atoms with Gasteiger partial charge < -0.3 is 5.73 Å². The second kappa shape index (κ2) is 3.87. The van der Waals surface area contributed by atoms with Crippen molar-refractivity contribution in [3.63, 3.8) is 0 Å². The van der Waals surface area contributed by atoms with E-state index in [2.05, 4.69) is 33.6 Å². The van der Waals surface area contributed by atoms with Crippen LogP contribution in [0.2, 0.25) is 0 Å². The van der Waals surface area contributed by atoms with Crippen molar-refractivity contribution < 1.29 is 0 Å². The zero-order valence-electron chi connectivity index (χ0n) is 8.89. The number of benzene rings is 1. The molecular weight excluding hydrogens is 218 g/mol. The van der Waals surface area contributed by atoms with Gasteiger partial charge >= 0.3 is 0 Å². The minimum absolute atomic E-state index is 0.346. The minimum Gasteiger partial charge on any atom is -0.374 e. The highest BCUT2D eigenvalue weighted by atomic mass is 32.1. The third-order valence-corrected chi connectivity index (χ3v) is 3.70. The number of hydrogen-bond acceptors (Lipinski definition) is 4. The number of fused-ring (bicyclic) bond motifs is 1. The Bertz CT molecular complexity index is 506. The SMILES string of the molecule is Nc1nc(C2CCCc3ccccc32)ns1. The molecule has 1 unspecified atom stereocenters. The second-order valence-corrected chi connectivity index (χ2v) is 4.92. The standard InChI is InChI=1S/C12H13N3S/c13-12-14-11(15-16-12)10-7-3-5-8-4-1-2-6-9(8)10/h1-2,4,6,10H,3,5,7H2,(H2,13,14,15). The number of nitrogen functional groups attached to an aromatic ring is 1. The maximum atomic E-state index is 5.65. The van der Waals surface area contributed by atoms with Crippen LogP contribution in [-0.4, -0.2) is 9.36 Å². The Morgan fingerprint density at radius 1 is 1.31 bits per heavy atom. The van der Waals surface area contributed by atoms with Gasteiger partial charge in [0.2, 0.25) is 0 Å². The first-order valence-electron chi connectivity index (χ1n) is 5.51. The normalized spacial score (nSPS) is 19.4. The minimum atomic E-state index is 0.346. The van der Waals surface area contributed by atoms with Crippen LogP contribution >= 0.6 is 11.5 Å². The average molecular weight is 231 g/mol. The first-order valence-corrected chi connectivity index (χ1v) is 6.29. The van der Waals surface area contributed by atoms with E-state index in [-0.39, 0.29) is 0 Å². The number of aromatic nitrogens is 2. The van der Waals surface area contributed by atoms with Crippen LogP contribution in [0.4, 0.5) is 5.13 Å². The smallest absolute Gasteiger partial charge is 0.199 e. The molecule has 0 saturated carbocycles. The van der Waals surface area contributed by atoms with Gasteiger partial charge in [-0.2, -0.15) is 4.37 Å². The van der Waals surface area contributed by atoms with E-state index in [9.17, 15) is 0 Å². The van der Waals surface area contributed by atoms with Gasteiger partial charge in [0.15, 0.2) is 11.0 Å². The molecule has 1 heterocycles. The van der Waals surface area contributed by atoms with Crippen LogP contribution in [0.5, 0.6) is 0 Å². The molecule has 16 heavy (non-hydrogen) atoms. The van der Waals surface area contributed by atoms with Gasteiger partial charge in [-0.3, -0.25) is 0 Å². The molecule has 0 radical (unpaired) electrons. The number of hydrogen-bond donors (Lipinski definition) is 1. The number of anilines is 1. The van der Waals surface area contributed by atoms with E-state index in [4.69, 9.17) is 5.73 Å². The summed E-state index contributed by atoms with van der Waals surface area (Å²) in [6.07, 6.45) is 3.51.